The van der Waals surface area contributed by atoms with E-state index in [9.17, 15) is 4.79 Å². The number of carboxylic acid groups (broad SMARTS) is 1. The summed E-state index contributed by atoms with van der Waals surface area (Å²) in [6.45, 7) is 3.44. The van der Waals surface area contributed by atoms with Gasteiger partial charge in [0.1, 0.15) is 11.6 Å². The van der Waals surface area contributed by atoms with Crippen LogP contribution in [0.2, 0.25) is 0 Å². The van der Waals surface area contributed by atoms with Crippen LogP contribution >= 0.6 is 0 Å². The predicted octanol–water partition coefficient (Wildman–Crippen LogP) is 3.30. The smallest absolute Gasteiger partial charge is 0.307 e. The third-order valence-electron chi connectivity index (χ3n) is 3.90. The van der Waals surface area contributed by atoms with Crippen molar-refractivity contribution in [1.82, 2.24) is 9.55 Å². The summed E-state index contributed by atoms with van der Waals surface area (Å²) in [5.74, 6) is 0.970. The van der Waals surface area contributed by atoms with E-state index in [0.717, 1.165) is 34.7 Å². The van der Waals surface area contributed by atoms with E-state index in [1.165, 1.54) is 0 Å². The zero-order chi connectivity index (χ0) is 16.9. The summed E-state index contributed by atoms with van der Waals surface area (Å²) in [7, 11) is 0. The number of para-hydroxylation sites is 1. The van der Waals surface area contributed by atoms with Gasteiger partial charge in [-0.2, -0.15) is 0 Å². The van der Waals surface area contributed by atoms with E-state index in [1.807, 2.05) is 48.5 Å². The van der Waals surface area contributed by atoms with E-state index in [0.29, 0.717) is 13.0 Å². The highest BCUT2D eigenvalue weighted by atomic mass is 16.5. The monoisotopic (exact) mass is 324 g/mol. The summed E-state index contributed by atoms with van der Waals surface area (Å²) in [5.41, 5.74) is 2.63. The summed E-state index contributed by atoms with van der Waals surface area (Å²) in [6, 6.07) is 15.4. The maximum atomic E-state index is 10.9. The molecule has 0 radical (unpaired) electrons. The Morgan fingerprint density at radius 2 is 2.00 bits per heavy atom. The molecule has 0 aliphatic carbocycles. The lowest BCUT2D eigenvalue weighted by atomic mass is 10.1. The molecule has 0 bridgehead atoms. The zero-order valence-corrected chi connectivity index (χ0v) is 13.6. The lowest BCUT2D eigenvalue weighted by Crippen LogP contribution is -2.08. The number of benzene rings is 2. The Bertz CT molecular complexity index is 840. The van der Waals surface area contributed by atoms with Crippen molar-refractivity contribution in [3.63, 3.8) is 0 Å². The Balaban J connectivity index is 1.78. The van der Waals surface area contributed by atoms with Crippen LogP contribution in [-0.4, -0.2) is 27.2 Å². The lowest BCUT2D eigenvalue weighted by Gasteiger charge is -2.08. The third kappa shape index (κ3) is 3.56. The van der Waals surface area contributed by atoms with E-state index in [4.69, 9.17) is 9.84 Å². The van der Waals surface area contributed by atoms with Crippen molar-refractivity contribution >= 4 is 17.0 Å². The SMILES string of the molecule is CCn1c(CCOc2ccccc2)nc2cc(CC(=O)O)ccc21. The molecular formula is C19H20N2O3. The number of nitrogens with zero attached hydrogens (tertiary/aromatic N) is 2. The Morgan fingerprint density at radius 3 is 2.71 bits per heavy atom. The van der Waals surface area contributed by atoms with Crippen LogP contribution in [0.4, 0.5) is 0 Å². The van der Waals surface area contributed by atoms with E-state index < -0.39 is 5.97 Å². The molecule has 0 spiro atoms. The van der Waals surface area contributed by atoms with Gasteiger partial charge in [-0.1, -0.05) is 24.3 Å². The van der Waals surface area contributed by atoms with Gasteiger partial charge in [0.25, 0.3) is 0 Å². The van der Waals surface area contributed by atoms with Gasteiger partial charge in [-0.05, 0) is 36.8 Å². The second-order valence-corrected chi connectivity index (χ2v) is 5.58. The topological polar surface area (TPSA) is 64.4 Å². The van der Waals surface area contributed by atoms with E-state index in [1.54, 1.807) is 0 Å². The van der Waals surface area contributed by atoms with Crippen LogP contribution in [0.15, 0.2) is 48.5 Å². The number of ether oxygens (including phenoxy) is 1. The van der Waals surface area contributed by atoms with Crippen LogP contribution in [0.1, 0.15) is 18.3 Å². The van der Waals surface area contributed by atoms with E-state index >= 15 is 0 Å². The van der Waals surface area contributed by atoms with Crippen LogP contribution in [-0.2, 0) is 24.2 Å². The first-order valence-electron chi connectivity index (χ1n) is 8.05. The van der Waals surface area contributed by atoms with Crippen LogP contribution in [0.5, 0.6) is 5.75 Å². The molecule has 0 amide bonds. The Labute approximate surface area is 140 Å². The molecule has 0 saturated heterocycles. The van der Waals surface area contributed by atoms with E-state index in [2.05, 4.69) is 16.5 Å². The maximum absolute atomic E-state index is 10.9. The standard InChI is InChI=1S/C19H20N2O3/c1-2-21-17-9-8-14(13-19(22)23)12-16(17)20-18(21)10-11-24-15-6-4-3-5-7-15/h3-9,12H,2,10-11,13H2,1H3,(H,22,23). The summed E-state index contributed by atoms with van der Waals surface area (Å²) < 4.78 is 7.90. The molecule has 0 fully saturated rings. The molecule has 5 nitrogen and oxygen atoms in total. The van der Waals surface area contributed by atoms with Crippen molar-refractivity contribution in [3.05, 3.63) is 59.9 Å². The van der Waals surface area contributed by atoms with Crippen molar-refractivity contribution in [2.75, 3.05) is 6.61 Å². The van der Waals surface area contributed by atoms with Gasteiger partial charge in [-0.25, -0.2) is 4.98 Å². The number of rotatable bonds is 7. The minimum Gasteiger partial charge on any atom is -0.493 e. The normalized spacial score (nSPS) is 10.9. The molecule has 0 saturated carbocycles. The van der Waals surface area contributed by atoms with Crippen LogP contribution < -0.4 is 4.74 Å². The molecule has 124 valence electrons. The first kappa shape index (κ1) is 16.1. The van der Waals surface area contributed by atoms with Gasteiger partial charge in [0.15, 0.2) is 0 Å². The fourth-order valence-corrected chi connectivity index (χ4v) is 2.83. The van der Waals surface area contributed by atoms with Crippen LogP contribution in [0, 0.1) is 0 Å². The first-order valence-corrected chi connectivity index (χ1v) is 8.05. The quantitative estimate of drug-likeness (QED) is 0.724. The molecular weight excluding hydrogens is 304 g/mol. The van der Waals surface area contributed by atoms with Gasteiger partial charge >= 0.3 is 5.97 Å². The van der Waals surface area contributed by atoms with Crippen LogP contribution in [0.25, 0.3) is 11.0 Å². The summed E-state index contributed by atoms with van der Waals surface area (Å²) >= 11 is 0. The molecule has 24 heavy (non-hydrogen) atoms. The third-order valence-corrected chi connectivity index (χ3v) is 3.90. The van der Waals surface area contributed by atoms with Crippen molar-refractivity contribution in [3.8, 4) is 5.75 Å². The fraction of sp³-hybridized carbons (Fsp3) is 0.263. The number of imidazole rings is 1. The summed E-state index contributed by atoms with van der Waals surface area (Å²) in [5, 5.41) is 8.93. The minimum atomic E-state index is -0.833. The first-order chi connectivity index (χ1) is 11.7. The molecule has 0 unspecified atom stereocenters. The summed E-state index contributed by atoms with van der Waals surface area (Å²) in [6.07, 6.45) is 0.715. The number of aromatic nitrogens is 2. The molecule has 0 aliphatic rings. The van der Waals surface area contributed by atoms with Crippen LogP contribution in [0.3, 0.4) is 0 Å². The van der Waals surface area contributed by atoms with E-state index in [-0.39, 0.29) is 6.42 Å². The highest BCUT2D eigenvalue weighted by Gasteiger charge is 2.11. The van der Waals surface area contributed by atoms with Gasteiger partial charge in [-0.15, -0.1) is 0 Å². The number of hydrogen-bond donors (Lipinski definition) is 1. The van der Waals surface area contributed by atoms with Gasteiger partial charge < -0.3 is 14.4 Å². The Kier molecular flexibility index (Phi) is 4.79. The maximum Gasteiger partial charge on any atom is 0.307 e. The number of aryl methyl sites for hydroxylation is 1. The number of carbonyl (C=O) groups is 1. The number of fused-ring (bicyclic) bond motifs is 1. The van der Waals surface area contributed by atoms with Crippen molar-refractivity contribution in [1.29, 1.82) is 0 Å². The fourth-order valence-electron chi connectivity index (χ4n) is 2.83. The lowest BCUT2D eigenvalue weighted by molar-refractivity contribution is -0.136. The Morgan fingerprint density at radius 1 is 1.21 bits per heavy atom. The highest BCUT2D eigenvalue weighted by Crippen LogP contribution is 2.19. The average molecular weight is 324 g/mol. The van der Waals surface area contributed by atoms with Crippen molar-refractivity contribution in [2.24, 2.45) is 0 Å². The van der Waals surface area contributed by atoms with Gasteiger partial charge in [0.2, 0.25) is 0 Å². The van der Waals surface area contributed by atoms with Crippen molar-refractivity contribution < 1.29 is 14.6 Å². The molecule has 0 atom stereocenters. The highest BCUT2D eigenvalue weighted by molar-refractivity contribution is 5.79. The minimum absolute atomic E-state index is 0.0153. The molecule has 1 N–H and O–H groups in total. The molecule has 0 aliphatic heterocycles. The molecule has 1 heterocycles. The van der Waals surface area contributed by atoms with Gasteiger partial charge in [-0.3, -0.25) is 4.79 Å². The number of carboxylic acids is 1. The molecule has 1 aromatic heterocycles. The predicted molar refractivity (Wildman–Crippen MR) is 92.4 cm³/mol. The van der Waals surface area contributed by atoms with Crippen molar-refractivity contribution in [2.45, 2.75) is 26.3 Å². The largest absolute Gasteiger partial charge is 0.493 e. The molecule has 2 aromatic carbocycles. The number of hydrogen-bond acceptors (Lipinski definition) is 3. The molecule has 3 rings (SSSR count). The Hall–Kier alpha value is -2.82. The summed E-state index contributed by atoms with van der Waals surface area (Å²) in [4.78, 5) is 15.5. The second kappa shape index (κ2) is 7.17. The van der Waals surface area contributed by atoms with Gasteiger partial charge in [0.05, 0.1) is 24.1 Å². The number of aliphatic carboxylic acids is 1. The average Bonchev–Trinajstić information content (AvgIpc) is 2.92. The van der Waals surface area contributed by atoms with Gasteiger partial charge in [0, 0.05) is 13.0 Å². The molecule has 3 aromatic rings. The zero-order valence-electron chi connectivity index (χ0n) is 13.6. The molecule has 5 heteroatoms. The second-order valence-electron chi connectivity index (χ2n) is 5.58.